The maximum Gasteiger partial charge on any atom is 0.203 e. The molecule has 3 N–H and O–H groups in total. The molecule has 0 spiro atoms. The van der Waals surface area contributed by atoms with Crippen molar-refractivity contribution >= 4 is 0 Å². The zero-order valence-corrected chi connectivity index (χ0v) is 10.8. The molecule has 0 aliphatic rings. The second-order valence-electron chi connectivity index (χ2n) is 4.41. The van der Waals surface area contributed by atoms with Gasteiger partial charge in [-0.25, -0.2) is 0 Å². The Bertz CT molecular complexity index is 331. The van der Waals surface area contributed by atoms with Gasteiger partial charge in [0.2, 0.25) is 5.75 Å². The van der Waals surface area contributed by atoms with Crippen molar-refractivity contribution in [3.63, 3.8) is 0 Å². The number of rotatable bonds is 8. The van der Waals surface area contributed by atoms with E-state index in [0.29, 0.717) is 19.4 Å². The van der Waals surface area contributed by atoms with E-state index >= 15 is 0 Å². The minimum Gasteiger partial charge on any atom is -0.504 e. The summed E-state index contributed by atoms with van der Waals surface area (Å²) < 4.78 is 5.31. The quantitative estimate of drug-likeness (QED) is 0.624. The summed E-state index contributed by atoms with van der Waals surface area (Å²) in [7, 11) is 0. The largest absolute Gasteiger partial charge is 0.504 e. The van der Waals surface area contributed by atoms with E-state index in [1.54, 1.807) is 6.07 Å². The number of aromatic hydroxyl groups is 2. The van der Waals surface area contributed by atoms with Crippen molar-refractivity contribution in [2.75, 3.05) is 6.61 Å². The number of aliphatic hydroxyl groups is 1. The third-order valence-electron chi connectivity index (χ3n) is 2.79. The van der Waals surface area contributed by atoms with Gasteiger partial charge in [-0.2, -0.15) is 0 Å². The molecule has 0 amide bonds. The molecule has 0 heterocycles. The van der Waals surface area contributed by atoms with E-state index < -0.39 is 0 Å². The zero-order chi connectivity index (χ0) is 13.4. The minimum atomic E-state index is -0.286. The summed E-state index contributed by atoms with van der Waals surface area (Å²) in [5.41, 5.74) is 0. The fraction of sp³-hybridized carbons (Fsp3) is 0.571. The Balaban J connectivity index is 2.25. The van der Waals surface area contributed by atoms with Crippen molar-refractivity contribution in [2.45, 2.75) is 45.1 Å². The Morgan fingerprint density at radius 3 is 2.33 bits per heavy atom. The van der Waals surface area contributed by atoms with Crippen LogP contribution < -0.4 is 4.74 Å². The molecule has 0 aromatic heterocycles. The highest BCUT2D eigenvalue weighted by Crippen LogP contribution is 2.35. The molecule has 1 rings (SSSR count). The molecule has 1 unspecified atom stereocenters. The molecule has 18 heavy (non-hydrogen) atoms. The molecule has 0 radical (unpaired) electrons. The Morgan fingerprint density at radius 1 is 1.11 bits per heavy atom. The highest BCUT2D eigenvalue weighted by Gasteiger charge is 2.08. The first-order chi connectivity index (χ1) is 8.65. The van der Waals surface area contributed by atoms with Crippen molar-refractivity contribution in [3.05, 3.63) is 18.2 Å². The molecular formula is C14H22O4. The van der Waals surface area contributed by atoms with E-state index in [1.807, 2.05) is 0 Å². The molecule has 4 heteroatoms. The second-order valence-corrected chi connectivity index (χ2v) is 4.41. The number of phenols is 2. The third-order valence-corrected chi connectivity index (χ3v) is 2.79. The Morgan fingerprint density at radius 2 is 1.72 bits per heavy atom. The van der Waals surface area contributed by atoms with Crippen LogP contribution in [0.5, 0.6) is 17.2 Å². The van der Waals surface area contributed by atoms with E-state index in [1.165, 1.54) is 12.1 Å². The molecule has 102 valence electrons. The smallest absolute Gasteiger partial charge is 0.203 e. The lowest BCUT2D eigenvalue weighted by atomic mass is 10.1. The number of aliphatic hydroxyl groups excluding tert-OH is 1. The fourth-order valence-electron chi connectivity index (χ4n) is 1.74. The minimum absolute atomic E-state index is 0.0680. The monoisotopic (exact) mass is 254 g/mol. The standard InChI is InChI=1S/C14H22O4/c1-2-3-6-11(15)7-5-10-18-14-12(16)8-4-9-13(14)17/h4,8-9,11,15-17H,2-3,5-7,10H2,1H3. The first-order valence-corrected chi connectivity index (χ1v) is 6.47. The first-order valence-electron chi connectivity index (χ1n) is 6.47. The molecule has 0 saturated heterocycles. The van der Waals surface area contributed by atoms with E-state index in [-0.39, 0.29) is 23.4 Å². The lowest BCUT2D eigenvalue weighted by molar-refractivity contribution is 0.140. The normalized spacial score (nSPS) is 12.3. The number of unbranched alkanes of at least 4 members (excludes halogenated alkanes) is 1. The van der Waals surface area contributed by atoms with Gasteiger partial charge in [-0.3, -0.25) is 0 Å². The number of benzene rings is 1. The van der Waals surface area contributed by atoms with Crippen LogP contribution in [0.25, 0.3) is 0 Å². The van der Waals surface area contributed by atoms with Crippen LogP contribution in [0.4, 0.5) is 0 Å². The number of hydrogen-bond donors (Lipinski definition) is 3. The van der Waals surface area contributed by atoms with Gasteiger partial charge in [0.25, 0.3) is 0 Å². The molecule has 0 aliphatic heterocycles. The highest BCUT2D eigenvalue weighted by molar-refractivity contribution is 5.49. The Labute approximate surface area is 108 Å². The predicted molar refractivity (Wildman–Crippen MR) is 70.0 cm³/mol. The molecule has 0 saturated carbocycles. The molecule has 4 nitrogen and oxygen atoms in total. The Kier molecular flexibility index (Phi) is 6.36. The summed E-state index contributed by atoms with van der Waals surface area (Å²) >= 11 is 0. The predicted octanol–water partition coefficient (Wildman–Crippen LogP) is 2.81. The average molecular weight is 254 g/mol. The van der Waals surface area contributed by atoms with Crippen molar-refractivity contribution in [2.24, 2.45) is 0 Å². The van der Waals surface area contributed by atoms with Crippen LogP contribution in [0, 0.1) is 0 Å². The second kappa shape index (κ2) is 7.82. The van der Waals surface area contributed by atoms with Gasteiger partial charge in [0.1, 0.15) is 0 Å². The molecular weight excluding hydrogens is 232 g/mol. The van der Waals surface area contributed by atoms with Gasteiger partial charge in [-0.15, -0.1) is 0 Å². The number of ether oxygens (including phenoxy) is 1. The number of para-hydroxylation sites is 1. The lowest BCUT2D eigenvalue weighted by Crippen LogP contribution is -2.08. The summed E-state index contributed by atoms with van der Waals surface area (Å²) in [5.74, 6) is -0.0244. The zero-order valence-electron chi connectivity index (χ0n) is 10.8. The summed E-state index contributed by atoms with van der Waals surface area (Å²) in [5, 5.41) is 28.6. The summed E-state index contributed by atoms with van der Waals surface area (Å²) in [4.78, 5) is 0. The van der Waals surface area contributed by atoms with Crippen molar-refractivity contribution in [1.29, 1.82) is 0 Å². The maximum atomic E-state index is 9.63. The van der Waals surface area contributed by atoms with Crippen LogP contribution in [0.1, 0.15) is 39.0 Å². The molecule has 0 bridgehead atoms. The van der Waals surface area contributed by atoms with Gasteiger partial charge in [0.15, 0.2) is 11.5 Å². The SMILES string of the molecule is CCCCC(O)CCCOc1c(O)cccc1O. The van der Waals surface area contributed by atoms with E-state index in [9.17, 15) is 15.3 Å². The number of phenolic OH excluding ortho intramolecular Hbond substituents is 2. The van der Waals surface area contributed by atoms with Crippen LogP contribution in [-0.4, -0.2) is 28.0 Å². The van der Waals surface area contributed by atoms with Gasteiger partial charge >= 0.3 is 0 Å². The average Bonchev–Trinajstić information content (AvgIpc) is 2.35. The van der Waals surface area contributed by atoms with Gasteiger partial charge in [0, 0.05) is 0 Å². The van der Waals surface area contributed by atoms with Gasteiger partial charge in [-0.1, -0.05) is 25.8 Å². The van der Waals surface area contributed by atoms with Crippen LogP contribution in [0.15, 0.2) is 18.2 Å². The molecule has 0 fully saturated rings. The van der Waals surface area contributed by atoms with E-state index in [0.717, 1.165) is 19.3 Å². The highest BCUT2D eigenvalue weighted by atomic mass is 16.5. The van der Waals surface area contributed by atoms with Gasteiger partial charge in [-0.05, 0) is 31.4 Å². The summed E-state index contributed by atoms with van der Waals surface area (Å²) in [6.07, 6.45) is 4.01. The molecule has 0 aliphatic carbocycles. The van der Waals surface area contributed by atoms with Crippen molar-refractivity contribution in [3.8, 4) is 17.2 Å². The van der Waals surface area contributed by atoms with Crippen LogP contribution in [-0.2, 0) is 0 Å². The van der Waals surface area contributed by atoms with E-state index in [2.05, 4.69) is 6.92 Å². The summed E-state index contributed by atoms with van der Waals surface area (Å²) in [6.45, 7) is 2.46. The topological polar surface area (TPSA) is 69.9 Å². The van der Waals surface area contributed by atoms with Gasteiger partial charge < -0.3 is 20.1 Å². The number of hydrogen-bond acceptors (Lipinski definition) is 4. The van der Waals surface area contributed by atoms with Crippen molar-refractivity contribution < 1.29 is 20.1 Å². The fourth-order valence-corrected chi connectivity index (χ4v) is 1.74. The third kappa shape index (κ3) is 4.84. The molecule has 1 aromatic rings. The van der Waals surface area contributed by atoms with Crippen LogP contribution in [0.2, 0.25) is 0 Å². The Hall–Kier alpha value is -1.42. The lowest BCUT2D eigenvalue weighted by Gasteiger charge is -2.12. The van der Waals surface area contributed by atoms with E-state index in [4.69, 9.17) is 4.74 Å². The molecule has 1 atom stereocenters. The maximum absolute atomic E-state index is 9.63. The van der Waals surface area contributed by atoms with Gasteiger partial charge in [0.05, 0.1) is 12.7 Å². The van der Waals surface area contributed by atoms with Crippen LogP contribution >= 0.6 is 0 Å². The summed E-state index contributed by atoms with van der Waals surface area (Å²) in [6, 6.07) is 4.47. The van der Waals surface area contributed by atoms with Crippen molar-refractivity contribution in [1.82, 2.24) is 0 Å². The molecule has 1 aromatic carbocycles. The first kappa shape index (κ1) is 14.6. The van der Waals surface area contributed by atoms with Crippen LogP contribution in [0.3, 0.4) is 0 Å².